The van der Waals surface area contributed by atoms with E-state index >= 15 is 0 Å². The van der Waals surface area contributed by atoms with Gasteiger partial charge in [-0.25, -0.2) is 4.79 Å². The van der Waals surface area contributed by atoms with E-state index in [0.29, 0.717) is 17.2 Å². The van der Waals surface area contributed by atoms with Crippen LogP contribution < -0.4 is 9.47 Å². The lowest BCUT2D eigenvalue weighted by Gasteiger charge is -2.08. The molecule has 0 spiro atoms. The predicted octanol–water partition coefficient (Wildman–Crippen LogP) is 1.70. The zero-order valence-corrected chi connectivity index (χ0v) is 9.71. The summed E-state index contributed by atoms with van der Waals surface area (Å²) in [6.45, 7) is 0.195. The Morgan fingerprint density at radius 1 is 1.39 bits per heavy atom. The second-order valence-corrected chi connectivity index (χ2v) is 3.52. The first-order valence-electron chi connectivity index (χ1n) is 5.24. The molecule has 94 valence electrons. The number of nitrogens with zero attached hydrogens (tertiary/aromatic N) is 1. The first-order chi connectivity index (χ1) is 8.70. The van der Waals surface area contributed by atoms with Gasteiger partial charge in [-0.1, -0.05) is 12.1 Å². The Hall–Kier alpha value is -2.50. The van der Waals surface area contributed by atoms with Crippen molar-refractivity contribution in [2.24, 2.45) is 0 Å². The van der Waals surface area contributed by atoms with Crippen LogP contribution in [0.5, 0.6) is 11.5 Å². The van der Waals surface area contributed by atoms with Crippen LogP contribution in [0.1, 0.15) is 16.2 Å². The van der Waals surface area contributed by atoms with Crippen LogP contribution in [-0.2, 0) is 6.61 Å². The molecule has 6 heteroatoms. The van der Waals surface area contributed by atoms with Gasteiger partial charge in [0.15, 0.2) is 17.2 Å². The number of rotatable bonds is 5. The third-order valence-corrected chi connectivity index (χ3v) is 2.30. The van der Waals surface area contributed by atoms with Gasteiger partial charge in [0.25, 0.3) is 0 Å². The lowest BCUT2D eigenvalue weighted by atomic mass is 10.3. The van der Waals surface area contributed by atoms with Crippen molar-refractivity contribution < 1.29 is 19.4 Å². The van der Waals surface area contributed by atoms with Gasteiger partial charge in [-0.15, -0.1) is 0 Å². The molecule has 0 unspecified atom stereocenters. The van der Waals surface area contributed by atoms with Gasteiger partial charge < -0.3 is 14.6 Å². The second kappa shape index (κ2) is 5.22. The summed E-state index contributed by atoms with van der Waals surface area (Å²) in [6, 6.07) is 8.65. The monoisotopic (exact) mass is 248 g/mol. The number of hydrogen-bond donors (Lipinski definition) is 2. The van der Waals surface area contributed by atoms with E-state index in [1.54, 1.807) is 19.2 Å². The molecule has 2 N–H and O–H groups in total. The Balaban J connectivity index is 2.04. The minimum atomic E-state index is -1.07. The van der Waals surface area contributed by atoms with Crippen molar-refractivity contribution in [2.45, 2.75) is 6.61 Å². The van der Waals surface area contributed by atoms with Gasteiger partial charge in [0, 0.05) is 0 Å². The lowest BCUT2D eigenvalue weighted by molar-refractivity contribution is 0.0690. The smallest absolute Gasteiger partial charge is 0.356 e. The Morgan fingerprint density at radius 2 is 2.11 bits per heavy atom. The Labute approximate surface area is 103 Å². The van der Waals surface area contributed by atoms with Crippen molar-refractivity contribution in [1.29, 1.82) is 0 Å². The van der Waals surface area contributed by atoms with E-state index in [-0.39, 0.29) is 12.3 Å². The van der Waals surface area contributed by atoms with Crippen molar-refractivity contribution in [3.8, 4) is 11.5 Å². The molecule has 0 aliphatic carbocycles. The third-order valence-electron chi connectivity index (χ3n) is 2.30. The minimum Gasteiger partial charge on any atom is -0.493 e. The van der Waals surface area contributed by atoms with E-state index in [1.807, 2.05) is 12.1 Å². The Bertz CT molecular complexity index is 551. The zero-order valence-electron chi connectivity index (χ0n) is 9.71. The standard InChI is InChI=1S/C12H12N2O4/c1-17-10-4-2-3-5-11(10)18-7-8-6-9(12(15)16)14-13-8/h2-6H,7H2,1H3,(H,13,14)(H,15,16). The van der Waals surface area contributed by atoms with E-state index in [0.717, 1.165) is 0 Å². The number of ether oxygens (including phenoxy) is 2. The van der Waals surface area contributed by atoms with Crippen LogP contribution in [0.2, 0.25) is 0 Å². The molecular formula is C12H12N2O4. The number of aromatic carboxylic acids is 1. The number of carbonyl (C=O) groups is 1. The van der Waals surface area contributed by atoms with E-state index in [4.69, 9.17) is 14.6 Å². The molecule has 6 nitrogen and oxygen atoms in total. The number of H-pyrrole nitrogens is 1. The molecular weight excluding hydrogens is 236 g/mol. The second-order valence-electron chi connectivity index (χ2n) is 3.52. The maximum atomic E-state index is 10.6. The van der Waals surface area contributed by atoms with E-state index in [1.165, 1.54) is 6.07 Å². The summed E-state index contributed by atoms with van der Waals surface area (Å²) in [7, 11) is 1.56. The van der Waals surface area contributed by atoms with Crippen molar-refractivity contribution in [1.82, 2.24) is 10.2 Å². The number of para-hydroxylation sites is 2. The van der Waals surface area contributed by atoms with Gasteiger partial charge in [0.2, 0.25) is 0 Å². The summed E-state index contributed by atoms with van der Waals surface area (Å²) in [5.41, 5.74) is 0.548. The summed E-state index contributed by atoms with van der Waals surface area (Å²) in [4.78, 5) is 10.6. The van der Waals surface area contributed by atoms with E-state index < -0.39 is 5.97 Å². The molecule has 1 aromatic carbocycles. The van der Waals surface area contributed by atoms with Gasteiger partial charge in [0.05, 0.1) is 12.8 Å². The number of aromatic nitrogens is 2. The highest BCUT2D eigenvalue weighted by Crippen LogP contribution is 2.26. The average Bonchev–Trinajstić information content (AvgIpc) is 2.85. The molecule has 0 saturated carbocycles. The summed E-state index contributed by atoms with van der Waals surface area (Å²) >= 11 is 0. The average molecular weight is 248 g/mol. The van der Waals surface area contributed by atoms with Crippen LogP contribution in [0.4, 0.5) is 0 Å². The molecule has 0 amide bonds. The van der Waals surface area contributed by atoms with Crippen LogP contribution in [0.3, 0.4) is 0 Å². The summed E-state index contributed by atoms with van der Waals surface area (Å²) in [6.07, 6.45) is 0. The molecule has 0 fully saturated rings. The van der Waals surface area contributed by atoms with Crippen molar-refractivity contribution >= 4 is 5.97 Å². The summed E-state index contributed by atoms with van der Waals surface area (Å²) in [5, 5.41) is 15.0. The van der Waals surface area contributed by atoms with Crippen LogP contribution in [-0.4, -0.2) is 28.4 Å². The number of hydrogen-bond acceptors (Lipinski definition) is 4. The zero-order chi connectivity index (χ0) is 13.0. The molecule has 1 aromatic heterocycles. The number of methoxy groups -OCH3 is 1. The third kappa shape index (κ3) is 2.60. The number of nitrogens with one attached hydrogen (secondary N) is 1. The maximum Gasteiger partial charge on any atom is 0.356 e. The van der Waals surface area contributed by atoms with Gasteiger partial charge >= 0.3 is 5.97 Å². The predicted molar refractivity (Wildman–Crippen MR) is 62.9 cm³/mol. The molecule has 0 radical (unpaired) electrons. The Morgan fingerprint density at radius 3 is 2.72 bits per heavy atom. The quantitative estimate of drug-likeness (QED) is 0.841. The van der Waals surface area contributed by atoms with Crippen LogP contribution in [0.25, 0.3) is 0 Å². The van der Waals surface area contributed by atoms with Crippen LogP contribution in [0, 0.1) is 0 Å². The molecule has 0 aliphatic rings. The highest BCUT2D eigenvalue weighted by Gasteiger charge is 2.09. The molecule has 18 heavy (non-hydrogen) atoms. The highest BCUT2D eigenvalue weighted by atomic mass is 16.5. The van der Waals surface area contributed by atoms with E-state index in [9.17, 15) is 4.79 Å². The molecule has 0 aliphatic heterocycles. The maximum absolute atomic E-state index is 10.6. The lowest BCUT2D eigenvalue weighted by Crippen LogP contribution is -1.97. The van der Waals surface area contributed by atoms with Crippen molar-refractivity contribution in [3.63, 3.8) is 0 Å². The molecule has 1 heterocycles. The fraction of sp³-hybridized carbons (Fsp3) is 0.167. The summed E-state index contributed by atoms with van der Waals surface area (Å²) in [5.74, 6) is 0.136. The summed E-state index contributed by atoms with van der Waals surface area (Å²) < 4.78 is 10.7. The number of benzene rings is 1. The fourth-order valence-electron chi connectivity index (χ4n) is 1.44. The first-order valence-corrected chi connectivity index (χ1v) is 5.24. The topological polar surface area (TPSA) is 84.4 Å². The Kier molecular flexibility index (Phi) is 3.47. The molecule has 0 bridgehead atoms. The largest absolute Gasteiger partial charge is 0.493 e. The van der Waals surface area contributed by atoms with Gasteiger partial charge in [-0.05, 0) is 18.2 Å². The SMILES string of the molecule is COc1ccccc1OCc1cc(C(=O)O)n[nH]1. The number of carboxylic acid groups (broad SMARTS) is 1. The number of carboxylic acids is 1. The first kappa shape index (κ1) is 12.0. The molecule has 2 rings (SSSR count). The molecule has 0 saturated heterocycles. The molecule has 2 aromatic rings. The minimum absolute atomic E-state index is 0.0337. The van der Waals surface area contributed by atoms with Crippen LogP contribution in [0.15, 0.2) is 30.3 Å². The fourth-order valence-corrected chi connectivity index (χ4v) is 1.44. The van der Waals surface area contributed by atoms with Gasteiger partial charge in [-0.2, -0.15) is 5.10 Å². The molecule has 0 atom stereocenters. The number of aromatic amines is 1. The highest BCUT2D eigenvalue weighted by molar-refractivity contribution is 5.85. The van der Waals surface area contributed by atoms with E-state index in [2.05, 4.69) is 10.2 Å². The van der Waals surface area contributed by atoms with Crippen molar-refractivity contribution in [3.05, 3.63) is 41.7 Å². The van der Waals surface area contributed by atoms with Gasteiger partial charge in [-0.3, -0.25) is 5.10 Å². The van der Waals surface area contributed by atoms with Gasteiger partial charge in [0.1, 0.15) is 6.61 Å². The normalized spacial score (nSPS) is 10.1. The van der Waals surface area contributed by atoms with Crippen LogP contribution >= 0.6 is 0 Å². The van der Waals surface area contributed by atoms with Crippen molar-refractivity contribution in [2.75, 3.05) is 7.11 Å².